The van der Waals surface area contributed by atoms with Gasteiger partial charge < -0.3 is 5.32 Å². The predicted octanol–water partition coefficient (Wildman–Crippen LogP) is 1.62. The van der Waals surface area contributed by atoms with Crippen LogP contribution in [0.15, 0.2) is 10.8 Å². The summed E-state index contributed by atoms with van der Waals surface area (Å²) in [5.74, 6) is 0.204. The van der Waals surface area contributed by atoms with Crippen LogP contribution in [0.4, 0.5) is 0 Å². The minimum Gasteiger partial charge on any atom is -0.314 e. The van der Waals surface area contributed by atoms with Gasteiger partial charge in [0.25, 0.3) is 0 Å². The normalized spacial score (nSPS) is 16.1. The Hall–Kier alpha value is -0.430. The number of thiophene rings is 1. The van der Waals surface area contributed by atoms with Gasteiger partial charge in [-0.2, -0.15) is 11.3 Å². The van der Waals surface area contributed by atoms with E-state index in [1.54, 1.807) is 11.3 Å². The summed E-state index contributed by atoms with van der Waals surface area (Å²) in [5.41, 5.74) is 2.22. The highest BCUT2D eigenvalue weighted by atomic mass is 32.2. The van der Waals surface area contributed by atoms with Crippen LogP contribution in [0.1, 0.15) is 30.4 Å². The Morgan fingerprint density at radius 1 is 1.39 bits per heavy atom. The number of nitrogens with one attached hydrogen (secondary N) is 2. The molecule has 1 aromatic heterocycles. The molecule has 1 aliphatic rings. The smallest absolute Gasteiger partial charge is 0.211 e. The number of hydrogen-bond donors (Lipinski definition) is 2. The molecule has 2 rings (SSSR count). The van der Waals surface area contributed by atoms with E-state index in [2.05, 4.69) is 10.0 Å². The number of aryl methyl sites for hydroxylation is 1. The minimum atomic E-state index is -3.14. The monoisotopic (exact) mass is 288 g/mol. The van der Waals surface area contributed by atoms with Gasteiger partial charge in [-0.3, -0.25) is 0 Å². The van der Waals surface area contributed by atoms with Crippen molar-refractivity contribution in [3.8, 4) is 0 Å². The van der Waals surface area contributed by atoms with Crippen molar-refractivity contribution in [3.63, 3.8) is 0 Å². The Labute approximate surface area is 113 Å². The van der Waals surface area contributed by atoms with Crippen LogP contribution in [0.3, 0.4) is 0 Å². The van der Waals surface area contributed by atoms with Crippen molar-refractivity contribution in [2.75, 3.05) is 12.3 Å². The Morgan fingerprint density at radius 3 is 2.78 bits per heavy atom. The summed E-state index contributed by atoms with van der Waals surface area (Å²) < 4.78 is 26.2. The van der Waals surface area contributed by atoms with Gasteiger partial charge in [0.05, 0.1) is 5.75 Å². The standard InChI is InChI=1S/C12H20N2O2S2/c1-10-8-17-9-11(10)7-14-18(15,16)6-2-5-13-12-3-4-12/h8-9,12-14H,2-7H2,1H3. The van der Waals surface area contributed by atoms with Gasteiger partial charge in [0, 0.05) is 12.6 Å². The van der Waals surface area contributed by atoms with Gasteiger partial charge in [0.1, 0.15) is 0 Å². The SMILES string of the molecule is Cc1cscc1CNS(=O)(=O)CCCNC1CC1. The fourth-order valence-electron chi connectivity index (χ4n) is 1.68. The Morgan fingerprint density at radius 2 is 2.17 bits per heavy atom. The third kappa shape index (κ3) is 4.68. The Bertz CT molecular complexity index is 478. The van der Waals surface area contributed by atoms with Crippen molar-refractivity contribution in [1.29, 1.82) is 0 Å². The molecular weight excluding hydrogens is 268 g/mol. The molecule has 2 N–H and O–H groups in total. The van der Waals surface area contributed by atoms with Gasteiger partial charge in [-0.15, -0.1) is 0 Å². The summed E-state index contributed by atoms with van der Waals surface area (Å²) in [4.78, 5) is 0. The Kier molecular flexibility index (Phi) is 4.77. The zero-order chi connectivity index (χ0) is 13.0. The van der Waals surface area contributed by atoms with Gasteiger partial charge in [-0.25, -0.2) is 13.1 Å². The van der Waals surface area contributed by atoms with E-state index in [-0.39, 0.29) is 5.75 Å². The quantitative estimate of drug-likeness (QED) is 0.715. The first-order valence-electron chi connectivity index (χ1n) is 6.29. The first-order chi connectivity index (χ1) is 8.57. The molecule has 1 aliphatic carbocycles. The average molecular weight is 288 g/mol. The average Bonchev–Trinajstić information content (AvgIpc) is 3.05. The summed E-state index contributed by atoms with van der Waals surface area (Å²) in [6.07, 6.45) is 3.15. The lowest BCUT2D eigenvalue weighted by atomic mass is 10.2. The van der Waals surface area contributed by atoms with Crippen molar-refractivity contribution < 1.29 is 8.42 Å². The molecule has 0 bridgehead atoms. The lowest BCUT2D eigenvalue weighted by Crippen LogP contribution is -2.28. The third-order valence-corrected chi connectivity index (χ3v) is 5.36. The second kappa shape index (κ2) is 6.14. The summed E-state index contributed by atoms with van der Waals surface area (Å²) in [5, 5.41) is 7.34. The lowest BCUT2D eigenvalue weighted by molar-refractivity contribution is 0.574. The van der Waals surface area contributed by atoms with Crippen LogP contribution in [-0.4, -0.2) is 26.8 Å². The van der Waals surface area contributed by atoms with E-state index in [9.17, 15) is 8.42 Å². The molecule has 0 spiro atoms. The first kappa shape index (κ1) is 14.0. The fourth-order valence-corrected chi connectivity index (χ4v) is 3.58. The molecule has 0 radical (unpaired) electrons. The second-order valence-electron chi connectivity index (χ2n) is 4.80. The van der Waals surface area contributed by atoms with Crippen molar-refractivity contribution in [2.24, 2.45) is 0 Å². The van der Waals surface area contributed by atoms with Crippen molar-refractivity contribution in [2.45, 2.75) is 38.8 Å². The largest absolute Gasteiger partial charge is 0.314 e. The van der Waals surface area contributed by atoms with Gasteiger partial charge >= 0.3 is 0 Å². The third-order valence-electron chi connectivity index (χ3n) is 3.04. The minimum absolute atomic E-state index is 0.204. The highest BCUT2D eigenvalue weighted by molar-refractivity contribution is 7.89. The Balaban J connectivity index is 1.67. The molecule has 4 nitrogen and oxygen atoms in total. The van der Waals surface area contributed by atoms with Crippen LogP contribution in [-0.2, 0) is 16.6 Å². The molecule has 1 aromatic rings. The first-order valence-corrected chi connectivity index (χ1v) is 8.89. The van der Waals surface area contributed by atoms with Crippen molar-refractivity contribution in [3.05, 3.63) is 21.9 Å². The maximum Gasteiger partial charge on any atom is 0.211 e. The summed E-state index contributed by atoms with van der Waals surface area (Å²) in [7, 11) is -3.14. The van der Waals surface area contributed by atoms with Crippen LogP contribution in [0.25, 0.3) is 0 Å². The predicted molar refractivity (Wildman–Crippen MR) is 75.3 cm³/mol. The zero-order valence-corrected chi connectivity index (χ0v) is 12.2. The zero-order valence-electron chi connectivity index (χ0n) is 10.6. The van der Waals surface area contributed by atoms with E-state index >= 15 is 0 Å². The molecule has 0 amide bonds. The van der Waals surface area contributed by atoms with E-state index in [0.29, 0.717) is 19.0 Å². The van der Waals surface area contributed by atoms with Gasteiger partial charge in [-0.1, -0.05) is 0 Å². The molecule has 6 heteroatoms. The summed E-state index contributed by atoms with van der Waals surface area (Å²) >= 11 is 1.60. The van der Waals surface area contributed by atoms with Crippen LogP contribution in [0, 0.1) is 6.92 Å². The van der Waals surface area contributed by atoms with Gasteiger partial charge in [-0.05, 0) is 54.6 Å². The molecule has 1 heterocycles. The molecule has 102 valence electrons. The summed E-state index contributed by atoms with van der Waals surface area (Å²) in [6.45, 7) is 3.20. The van der Waals surface area contributed by atoms with Crippen LogP contribution in [0.5, 0.6) is 0 Å². The van der Waals surface area contributed by atoms with Crippen LogP contribution >= 0.6 is 11.3 Å². The van der Waals surface area contributed by atoms with Crippen molar-refractivity contribution in [1.82, 2.24) is 10.0 Å². The van der Waals surface area contributed by atoms with Gasteiger partial charge in [0.15, 0.2) is 0 Å². The summed E-state index contributed by atoms with van der Waals surface area (Å²) in [6, 6.07) is 0.647. The van der Waals surface area contributed by atoms with E-state index in [1.807, 2.05) is 17.7 Å². The molecule has 0 atom stereocenters. The molecule has 0 aliphatic heterocycles. The molecule has 1 fully saturated rings. The highest BCUT2D eigenvalue weighted by Crippen LogP contribution is 2.18. The van der Waals surface area contributed by atoms with E-state index in [4.69, 9.17) is 0 Å². The lowest BCUT2D eigenvalue weighted by Gasteiger charge is -2.07. The maximum absolute atomic E-state index is 11.8. The molecule has 0 aromatic carbocycles. The van der Waals surface area contributed by atoms with Crippen molar-refractivity contribution >= 4 is 21.4 Å². The number of sulfonamides is 1. The molecule has 0 saturated heterocycles. The van der Waals surface area contributed by atoms with Gasteiger partial charge in [0.2, 0.25) is 10.0 Å². The van der Waals surface area contributed by atoms with E-state index < -0.39 is 10.0 Å². The van der Waals surface area contributed by atoms with E-state index in [0.717, 1.165) is 17.7 Å². The molecule has 1 saturated carbocycles. The maximum atomic E-state index is 11.8. The number of hydrogen-bond acceptors (Lipinski definition) is 4. The molecule has 0 unspecified atom stereocenters. The second-order valence-corrected chi connectivity index (χ2v) is 7.47. The molecule has 18 heavy (non-hydrogen) atoms. The fraction of sp³-hybridized carbons (Fsp3) is 0.667. The van der Waals surface area contributed by atoms with E-state index in [1.165, 1.54) is 12.8 Å². The highest BCUT2D eigenvalue weighted by Gasteiger charge is 2.20. The topological polar surface area (TPSA) is 58.2 Å². The van der Waals surface area contributed by atoms with Crippen LogP contribution in [0.2, 0.25) is 0 Å². The molecular formula is C12H20N2O2S2. The number of rotatable bonds is 8. The van der Waals surface area contributed by atoms with Crippen LogP contribution < -0.4 is 10.0 Å².